The number of carboxylic acids is 1. The van der Waals surface area contributed by atoms with Gasteiger partial charge >= 0.3 is 5.97 Å². The second-order valence-electron chi connectivity index (χ2n) is 5.17. The van der Waals surface area contributed by atoms with Crippen LogP contribution in [-0.4, -0.2) is 16.2 Å². The number of aryl methyl sites for hydroxylation is 1. The summed E-state index contributed by atoms with van der Waals surface area (Å²) in [5.74, 6) is -2.59. The quantitative estimate of drug-likeness (QED) is 0.870. The molecule has 0 amide bonds. The molecular weight excluding hydrogens is 271 g/mol. The number of phenols is 1. The van der Waals surface area contributed by atoms with E-state index in [2.05, 4.69) is 0 Å². The van der Waals surface area contributed by atoms with Crippen LogP contribution in [-0.2, 0) is 10.2 Å². The third-order valence-electron chi connectivity index (χ3n) is 3.99. The normalized spacial score (nSPS) is 18.3. The van der Waals surface area contributed by atoms with Gasteiger partial charge in [-0.3, -0.25) is 4.79 Å². The van der Waals surface area contributed by atoms with Crippen molar-refractivity contribution < 1.29 is 19.4 Å². The molecule has 0 aliphatic heterocycles. The van der Waals surface area contributed by atoms with E-state index in [9.17, 15) is 19.4 Å². The summed E-state index contributed by atoms with van der Waals surface area (Å²) in [5.41, 5.74) is -0.698. The molecule has 1 aromatic rings. The minimum Gasteiger partial charge on any atom is -0.504 e. The van der Waals surface area contributed by atoms with Crippen molar-refractivity contribution in [3.8, 4) is 5.75 Å². The average Bonchev–Trinajstić information content (AvgIpc) is 2.41. The van der Waals surface area contributed by atoms with Gasteiger partial charge in [-0.2, -0.15) is 0 Å². The fourth-order valence-electron chi connectivity index (χ4n) is 2.86. The lowest BCUT2D eigenvalue weighted by molar-refractivity contribution is -0.145. The summed E-state index contributed by atoms with van der Waals surface area (Å²) in [7, 11) is 0. The Bertz CT molecular complexity index is 522. The van der Waals surface area contributed by atoms with Crippen LogP contribution >= 0.6 is 11.6 Å². The van der Waals surface area contributed by atoms with Crippen LogP contribution in [0.2, 0.25) is 5.02 Å². The van der Waals surface area contributed by atoms with E-state index in [4.69, 9.17) is 11.6 Å². The standard InChI is InChI=1S/C14H16ClFO3/c1-8-7-9(11(16)12(17)10(8)15)14(13(18)19)5-3-2-4-6-14/h7,17H,2-6H2,1H3,(H,18,19). The summed E-state index contributed by atoms with van der Waals surface area (Å²) in [6, 6.07) is 1.46. The summed E-state index contributed by atoms with van der Waals surface area (Å²) in [4.78, 5) is 11.7. The molecule has 2 rings (SSSR count). The highest BCUT2D eigenvalue weighted by Gasteiger charge is 2.44. The van der Waals surface area contributed by atoms with Gasteiger partial charge in [-0.1, -0.05) is 36.9 Å². The van der Waals surface area contributed by atoms with Crippen molar-refractivity contribution in [3.05, 3.63) is 28.0 Å². The minimum absolute atomic E-state index is 0.0547. The maximum atomic E-state index is 14.2. The van der Waals surface area contributed by atoms with E-state index < -0.39 is 23.0 Å². The van der Waals surface area contributed by atoms with Crippen LogP contribution in [0, 0.1) is 12.7 Å². The molecule has 1 fully saturated rings. The summed E-state index contributed by atoms with van der Waals surface area (Å²) in [6.07, 6.45) is 3.22. The summed E-state index contributed by atoms with van der Waals surface area (Å²) in [5, 5.41) is 19.2. The lowest BCUT2D eigenvalue weighted by Gasteiger charge is -2.34. The first-order valence-corrected chi connectivity index (χ1v) is 6.69. The molecule has 1 aliphatic carbocycles. The van der Waals surface area contributed by atoms with Gasteiger partial charge in [0.15, 0.2) is 11.6 Å². The van der Waals surface area contributed by atoms with E-state index in [1.807, 2.05) is 0 Å². The fourth-order valence-corrected chi connectivity index (χ4v) is 2.99. The molecule has 0 saturated heterocycles. The van der Waals surface area contributed by atoms with Crippen molar-refractivity contribution in [2.45, 2.75) is 44.4 Å². The lowest BCUT2D eigenvalue weighted by Crippen LogP contribution is -2.38. The van der Waals surface area contributed by atoms with E-state index in [0.29, 0.717) is 18.4 Å². The van der Waals surface area contributed by atoms with Crippen molar-refractivity contribution in [2.24, 2.45) is 0 Å². The summed E-state index contributed by atoms with van der Waals surface area (Å²) >= 11 is 5.78. The number of halogens is 2. The number of hydrogen-bond donors (Lipinski definition) is 2. The topological polar surface area (TPSA) is 57.5 Å². The summed E-state index contributed by atoms with van der Waals surface area (Å²) < 4.78 is 14.2. The van der Waals surface area contributed by atoms with E-state index in [1.165, 1.54) is 6.07 Å². The first-order valence-electron chi connectivity index (χ1n) is 6.31. The maximum absolute atomic E-state index is 14.2. The Hall–Kier alpha value is -1.29. The summed E-state index contributed by atoms with van der Waals surface area (Å²) in [6.45, 7) is 1.63. The SMILES string of the molecule is Cc1cc(C2(C(=O)O)CCCCC2)c(F)c(O)c1Cl. The fraction of sp³-hybridized carbons (Fsp3) is 0.500. The Labute approximate surface area is 116 Å². The molecule has 0 spiro atoms. The number of carbonyl (C=O) groups is 1. The highest BCUT2D eigenvalue weighted by Crippen LogP contribution is 2.44. The van der Waals surface area contributed by atoms with Gasteiger partial charge in [0.1, 0.15) is 0 Å². The maximum Gasteiger partial charge on any atom is 0.314 e. The highest BCUT2D eigenvalue weighted by atomic mass is 35.5. The van der Waals surface area contributed by atoms with E-state index in [1.54, 1.807) is 6.92 Å². The molecule has 104 valence electrons. The highest BCUT2D eigenvalue weighted by molar-refractivity contribution is 6.32. The predicted octanol–water partition coefficient (Wildman–Crippen LogP) is 3.78. The van der Waals surface area contributed by atoms with Gasteiger partial charge < -0.3 is 10.2 Å². The van der Waals surface area contributed by atoms with Gasteiger partial charge in [0.05, 0.1) is 10.4 Å². The van der Waals surface area contributed by atoms with Crippen LogP contribution in [0.1, 0.15) is 43.2 Å². The molecule has 0 aromatic heterocycles. The molecule has 0 unspecified atom stereocenters. The Morgan fingerprint density at radius 2 is 1.95 bits per heavy atom. The van der Waals surface area contributed by atoms with Gasteiger partial charge in [0.25, 0.3) is 0 Å². The second kappa shape index (κ2) is 5.00. The molecule has 0 atom stereocenters. The Morgan fingerprint density at radius 1 is 1.37 bits per heavy atom. The first kappa shape index (κ1) is 14.1. The van der Waals surface area contributed by atoms with Gasteiger partial charge in [-0.05, 0) is 25.3 Å². The van der Waals surface area contributed by atoms with Crippen molar-refractivity contribution in [3.63, 3.8) is 0 Å². The van der Waals surface area contributed by atoms with Crippen molar-refractivity contribution in [1.29, 1.82) is 0 Å². The molecule has 0 radical (unpaired) electrons. The second-order valence-corrected chi connectivity index (χ2v) is 5.54. The molecule has 0 heterocycles. The molecule has 19 heavy (non-hydrogen) atoms. The van der Waals surface area contributed by atoms with Gasteiger partial charge in [-0.25, -0.2) is 4.39 Å². The molecule has 2 N–H and O–H groups in total. The van der Waals surface area contributed by atoms with Crippen LogP contribution in [0.4, 0.5) is 4.39 Å². The van der Waals surface area contributed by atoms with E-state index in [-0.39, 0.29) is 10.6 Å². The number of aromatic hydroxyl groups is 1. The van der Waals surface area contributed by atoms with Crippen molar-refractivity contribution in [1.82, 2.24) is 0 Å². The Morgan fingerprint density at radius 3 is 2.47 bits per heavy atom. The number of hydrogen-bond acceptors (Lipinski definition) is 2. The Balaban J connectivity index is 2.64. The molecule has 3 nitrogen and oxygen atoms in total. The molecule has 1 aromatic carbocycles. The first-order chi connectivity index (χ1) is 8.90. The number of benzene rings is 1. The van der Waals surface area contributed by atoms with Gasteiger partial charge in [-0.15, -0.1) is 0 Å². The van der Waals surface area contributed by atoms with E-state index >= 15 is 0 Å². The zero-order chi connectivity index (χ0) is 14.2. The van der Waals surface area contributed by atoms with Crippen LogP contribution < -0.4 is 0 Å². The zero-order valence-corrected chi connectivity index (χ0v) is 11.4. The molecular formula is C14H16ClFO3. The molecule has 5 heteroatoms. The average molecular weight is 287 g/mol. The molecule has 1 aliphatic rings. The monoisotopic (exact) mass is 286 g/mol. The third-order valence-corrected chi connectivity index (χ3v) is 4.47. The molecule has 1 saturated carbocycles. The molecule has 0 bridgehead atoms. The number of carboxylic acid groups (broad SMARTS) is 1. The third kappa shape index (κ3) is 2.18. The predicted molar refractivity (Wildman–Crippen MR) is 70.2 cm³/mol. The number of rotatable bonds is 2. The smallest absolute Gasteiger partial charge is 0.314 e. The minimum atomic E-state index is -1.24. The van der Waals surface area contributed by atoms with Crippen molar-refractivity contribution in [2.75, 3.05) is 0 Å². The van der Waals surface area contributed by atoms with Crippen molar-refractivity contribution >= 4 is 17.6 Å². The van der Waals surface area contributed by atoms with Crippen LogP contribution in [0.25, 0.3) is 0 Å². The lowest BCUT2D eigenvalue weighted by atomic mass is 9.69. The Kier molecular flexibility index (Phi) is 3.72. The number of aliphatic carboxylic acids is 1. The van der Waals surface area contributed by atoms with E-state index in [0.717, 1.165) is 19.3 Å². The van der Waals surface area contributed by atoms with Gasteiger partial charge in [0, 0.05) is 5.56 Å². The number of phenolic OH excluding ortho intramolecular Hbond substituents is 1. The van der Waals surface area contributed by atoms with Gasteiger partial charge in [0.2, 0.25) is 0 Å². The van der Waals surface area contributed by atoms with Crippen LogP contribution in [0.3, 0.4) is 0 Å². The van der Waals surface area contributed by atoms with Crippen LogP contribution in [0.15, 0.2) is 6.07 Å². The van der Waals surface area contributed by atoms with Crippen LogP contribution in [0.5, 0.6) is 5.75 Å². The largest absolute Gasteiger partial charge is 0.504 e. The zero-order valence-electron chi connectivity index (χ0n) is 10.7.